The molecule has 0 bridgehead atoms. The van der Waals surface area contributed by atoms with Gasteiger partial charge in [-0.1, -0.05) is 24.8 Å². The van der Waals surface area contributed by atoms with E-state index in [1.807, 2.05) is 19.9 Å². The van der Waals surface area contributed by atoms with Gasteiger partial charge in [0.2, 0.25) is 0 Å². The highest BCUT2D eigenvalue weighted by Crippen LogP contribution is 2.33. The number of rotatable bonds is 5. The molecule has 0 atom stereocenters. The number of benzene rings is 1. The summed E-state index contributed by atoms with van der Waals surface area (Å²) >= 11 is 1.41. The third kappa shape index (κ3) is 3.41. The smallest absolute Gasteiger partial charge is 0.173 e. The van der Waals surface area contributed by atoms with Crippen molar-refractivity contribution in [2.75, 3.05) is 5.75 Å². The summed E-state index contributed by atoms with van der Waals surface area (Å²) in [5, 5.41) is 10.4. The Hall–Kier alpha value is -2.12. The van der Waals surface area contributed by atoms with Gasteiger partial charge in [0.15, 0.2) is 5.78 Å². The summed E-state index contributed by atoms with van der Waals surface area (Å²) in [6, 6.07) is 6.39. The molecule has 1 aliphatic carbocycles. The Labute approximate surface area is 159 Å². The third-order valence-electron chi connectivity index (χ3n) is 5.25. The highest BCUT2D eigenvalue weighted by atomic mass is 32.2. The summed E-state index contributed by atoms with van der Waals surface area (Å²) in [5.74, 6) is 0.410. The zero-order valence-electron chi connectivity index (χ0n) is 15.9. The van der Waals surface area contributed by atoms with Crippen LogP contribution in [-0.2, 0) is 19.3 Å². The molecule has 0 saturated carbocycles. The van der Waals surface area contributed by atoms with Crippen molar-refractivity contribution >= 4 is 17.5 Å². The van der Waals surface area contributed by atoms with Crippen LogP contribution in [0.3, 0.4) is 0 Å². The Morgan fingerprint density at radius 1 is 1.19 bits per heavy atom. The van der Waals surface area contributed by atoms with Crippen molar-refractivity contribution in [2.45, 2.75) is 58.4 Å². The second kappa shape index (κ2) is 7.63. The molecule has 4 heteroatoms. The second-order valence-electron chi connectivity index (χ2n) is 6.98. The Balaban J connectivity index is 1.88. The summed E-state index contributed by atoms with van der Waals surface area (Å²) in [4.78, 5) is 17.5. The molecule has 0 fully saturated rings. The number of pyridine rings is 1. The molecule has 0 N–H and O–H groups in total. The number of thioether (sulfide) groups is 1. The van der Waals surface area contributed by atoms with Crippen molar-refractivity contribution in [3.8, 4) is 6.07 Å². The maximum Gasteiger partial charge on any atom is 0.173 e. The molecule has 1 aromatic heterocycles. The van der Waals surface area contributed by atoms with Crippen LogP contribution >= 0.6 is 11.8 Å². The number of carbonyl (C=O) groups is 1. The normalized spacial score (nSPS) is 12.7. The molecule has 0 saturated heterocycles. The number of aromatic nitrogens is 1. The molecule has 2 aromatic rings. The molecule has 26 heavy (non-hydrogen) atoms. The van der Waals surface area contributed by atoms with Crippen LogP contribution in [0.25, 0.3) is 0 Å². The fourth-order valence-corrected chi connectivity index (χ4v) is 4.63. The molecule has 0 unspecified atom stereocenters. The van der Waals surface area contributed by atoms with Crippen LogP contribution in [-0.4, -0.2) is 16.5 Å². The number of hydrogen-bond donors (Lipinski definition) is 0. The molecule has 3 rings (SSSR count). The van der Waals surface area contributed by atoms with Gasteiger partial charge in [-0.25, -0.2) is 4.98 Å². The van der Waals surface area contributed by atoms with Crippen molar-refractivity contribution in [2.24, 2.45) is 0 Å². The molecular formula is C22H24N2OS. The topological polar surface area (TPSA) is 53.8 Å². The Morgan fingerprint density at radius 2 is 1.92 bits per heavy atom. The molecule has 1 aliphatic rings. The van der Waals surface area contributed by atoms with E-state index in [1.54, 1.807) is 0 Å². The summed E-state index contributed by atoms with van der Waals surface area (Å²) in [6.07, 6.45) is 3.94. The predicted molar refractivity (Wildman–Crippen MR) is 106 cm³/mol. The summed E-state index contributed by atoms with van der Waals surface area (Å²) in [7, 11) is 0. The van der Waals surface area contributed by atoms with Crippen LogP contribution in [0.1, 0.15) is 62.8 Å². The van der Waals surface area contributed by atoms with Crippen molar-refractivity contribution in [3.05, 3.63) is 56.8 Å². The largest absolute Gasteiger partial charge is 0.293 e. The summed E-state index contributed by atoms with van der Waals surface area (Å²) < 4.78 is 0. The van der Waals surface area contributed by atoms with E-state index < -0.39 is 0 Å². The molecule has 0 aliphatic heterocycles. The lowest BCUT2D eigenvalue weighted by Crippen LogP contribution is -2.08. The van der Waals surface area contributed by atoms with Crippen LogP contribution in [0.5, 0.6) is 0 Å². The van der Waals surface area contributed by atoms with Gasteiger partial charge in [-0.05, 0) is 80.3 Å². The standard InChI is InChI=1S/C22H24N2OS/c1-5-16-17-7-6-8-20(17)24-22(19(16)11-23)26-12-21(25)18-10-14(3)13(2)9-15(18)4/h9-10H,5-8,12H2,1-4H3. The van der Waals surface area contributed by atoms with Crippen molar-refractivity contribution in [1.29, 1.82) is 5.26 Å². The third-order valence-corrected chi connectivity index (χ3v) is 6.23. The van der Waals surface area contributed by atoms with Gasteiger partial charge in [-0.2, -0.15) is 5.26 Å². The van der Waals surface area contributed by atoms with Gasteiger partial charge in [0.25, 0.3) is 0 Å². The maximum atomic E-state index is 12.8. The van der Waals surface area contributed by atoms with E-state index in [1.165, 1.54) is 22.9 Å². The van der Waals surface area contributed by atoms with Gasteiger partial charge < -0.3 is 0 Å². The Kier molecular flexibility index (Phi) is 5.48. The first-order chi connectivity index (χ1) is 12.5. The highest BCUT2D eigenvalue weighted by molar-refractivity contribution is 8.00. The molecule has 0 radical (unpaired) electrons. The molecule has 0 spiro atoms. The van der Waals surface area contributed by atoms with Gasteiger partial charge in [-0.3, -0.25) is 4.79 Å². The van der Waals surface area contributed by atoms with Crippen molar-refractivity contribution in [3.63, 3.8) is 0 Å². The quantitative estimate of drug-likeness (QED) is 0.559. The van der Waals surface area contributed by atoms with Gasteiger partial charge in [0.05, 0.1) is 11.3 Å². The second-order valence-corrected chi connectivity index (χ2v) is 7.94. The van der Waals surface area contributed by atoms with Gasteiger partial charge in [0.1, 0.15) is 11.1 Å². The number of nitrogens with zero attached hydrogens (tertiary/aromatic N) is 2. The molecule has 3 nitrogen and oxygen atoms in total. The number of aryl methyl sites for hydroxylation is 4. The van der Waals surface area contributed by atoms with E-state index in [0.717, 1.165) is 58.7 Å². The van der Waals surface area contributed by atoms with E-state index in [0.29, 0.717) is 11.3 Å². The van der Waals surface area contributed by atoms with Gasteiger partial charge in [-0.15, -0.1) is 0 Å². The molecule has 134 valence electrons. The van der Waals surface area contributed by atoms with Crippen LogP contribution in [0.4, 0.5) is 0 Å². The highest BCUT2D eigenvalue weighted by Gasteiger charge is 2.23. The molecule has 1 heterocycles. The van der Waals surface area contributed by atoms with Gasteiger partial charge in [0, 0.05) is 11.3 Å². The van der Waals surface area contributed by atoms with Crippen LogP contribution in [0.2, 0.25) is 0 Å². The summed E-state index contributed by atoms with van der Waals surface area (Å²) in [6.45, 7) is 8.16. The number of Topliss-reactive ketones (excluding diaryl/α,β-unsaturated/α-hetero) is 1. The van der Waals surface area contributed by atoms with Crippen molar-refractivity contribution < 1.29 is 4.79 Å². The van der Waals surface area contributed by atoms with Crippen LogP contribution in [0, 0.1) is 32.1 Å². The zero-order valence-corrected chi connectivity index (χ0v) is 16.7. The summed E-state index contributed by atoms with van der Waals surface area (Å²) in [5.41, 5.74) is 8.31. The monoisotopic (exact) mass is 364 g/mol. The number of hydrogen-bond acceptors (Lipinski definition) is 4. The molecule has 0 amide bonds. The van der Waals surface area contributed by atoms with E-state index in [-0.39, 0.29) is 5.78 Å². The first-order valence-corrected chi connectivity index (χ1v) is 10.1. The average molecular weight is 365 g/mol. The maximum absolute atomic E-state index is 12.8. The Bertz CT molecular complexity index is 925. The molecule has 1 aromatic carbocycles. The lowest BCUT2D eigenvalue weighted by Gasteiger charge is -2.13. The first kappa shape index (κ1) is 18.7. The molecular weight excluding hydrogens is 340 g/mol. The van der Waals surface area contributed by atoms with Crippen LogP contribution in [0.15, 0.2) is 17.2 Å². The fourth-order valence-electron chi connectivity index (χ4n) is 3.72. The number of ketones is 1. The number of fused-ring (bicyclic) bond motifs is 1. The van der Waals surface area contributed by atoms with Gasteiger partial charge >= 0.3 is 0 Å². The number of carbonyl (C=O) groups excluding carboxylic acids is 1. The van der Waals surface area contributed by atoms with Crippen LogP contribution < -0.4 is 0 Å². The lowest BCUT2D eigenvalue weighted by atomic mass is 9.99. The van der Waals surface area contributed by atoms with E-state index in [4.69, 9.17) is 4.98 Å². The Morgan fingerprint density at radius 3 is 2.62 bits per heavy atom. The minimum atomic E-state index is 0.0971. The van der Waals surface area contributed by atoms with Crippen molar-refractivity contribution in [1.82, 2.24) is 4.98 Å². The lowest BCUT2D eigenvalue weighted by molar-refractivity contribution is 0.102. The minimum absolute atomic E-state index is 0.0971. The minimum Gasteiger partial charge on any atom is -0.293 e. The fraction of sp³-hybridized carbons (Fsp3) is 0.409. The number of nitriles is 1. The predicted octanol–water partition coefficient (Wildman–Crippen LogP) is 4.90. The average Bonchev–Trinajstić information content (AvgIpc) is 3.09. The SMILES string of the molecule is CCc1c(C#N)c(SCC(=O)c2cc(C)c(C)cc2C)nc2c1CCC2. The van der Waals surface area contributed by atoms with E-state index in [2.05, 4.69) is 26.0 Å². The van der Waals surface area contributed by atoms with E-state index >= 15 is 0 Å². The zero-order chi connectivity index (χ0) is 18.8. The van der Waals surface area contributed by atoms with E-state index in [9.17, 15) is 10.1 Å². The first-order valence-electron chi connectivity index (χ1n) is 9.14.